The molecule has 1 fully saturated rings. The minimum atomic E-state index is 0.982. The molecule has 0 spiro atoms. The zero-order chi connectivity index (χ0) is 14.8. The highest BCUT2D eigenvalue weighted by molar-refractivity contribution is 5.53. The molecule has 2 aromatic heterocycles. The van der Waals surface area contributed by atoms with Crippen LogP contribution in [-0.4, -0.2) is 40.7 Å². The Kier molecular flexibility index (Phi) is 3.52. The molecule has 1 aliphatic heterocycles. The maximum absolute atomic E-state index is 4.43. The average molecular weight is 292 g/mol. The topological polar surface area (TPSA) is 23.8 Å². The first-order valence-electron chi connectivity index (χ1n) is 7.84. The number of para-hydroxylation sites is 1. The number of anilines is 1. The number of aromatic nitrogens is 2. The van der Waals surface area contributed by atoms with Gasteiger partial charge in [0.05, 0.1) is 11.7 Å². The second-order valence-corrected chi connectivity index (χ2v) is 5.80. The Balaban J connectivity index is 1.42. The summed E-state index contributed by atoms with van der Waals surface area (Å²) in [6.45, 7) is 5.35. The van der Waals surface area contributed by atoms with Crippen LogP contribution in [0.25, 0.3) is 5.52 Å². The normalized spacial score (nSPS) is 16.3. The van der Waals surface area contributed by atoms with Gasteiger partial charge < -0.3 is 4.90 Å². The molecule has 4 heteroatoms. The lowest BCUT2D eigenvalue weighted by Gasteiger charge is -2.36. The van der Waals surface area contributed by atoms with E-state index in [9.17, 15) is 0 Å². The molecule has 0 bridgehead atoms. The molecule has 3 heterocycles. The fraction of sp³-hybridized carbons (Fsp3) is 0.278. The third-order valence-corrected chi connectivity index (χ3v) is 4.39. The lowest BCUT2D eigenvalue weighted by molar-refractivity contribution is 0.250. The molecular formula is C18H20N4. The summed E-state index contributed by atoms with van der Waals surface area (Å²) in [5.41, 5.74) is 3.86. The van der Waals surface area contributed by atoms with Crippen molar-refractivity contribution >= 4 is 11.2 Å². The molecule has 0 radical (unpaired) electrons. The van der Waals surface area contributed by atoms with E-state index >= 15 is 0 Å². The molecule has 0 aliphatic carbocycles. The van der Waals surface area contributed by atoms with Gasteiger partial charge in [-0.15, -0.1) is 0 Å². The van der Waals surface area contributed by atoms with E-state index in [4.69, 9.17) is 0 Å². The zero-order valence-electron chi connectivity index (χ0n) is 12.6. The van der Waals surface area contributed by atoms with Crippen molar-refractivity contribution in [1.82, 2.24) is 14.5 Å². The number of rotatable bonds is 3. The summed E-state index contributed by atoms with van der Waals surface area (Å²) < 4.78 is 1.95. The molecule has 22 heavy (non-hydrogen) atoms. The predicted molar refractivity (Wildman–Crippen MR) is 89.1 cm³/mol. The van der Waals surface area contributed by atoms with Crippen LogP contribution < -0.4 is 4.90 Å². The Morgan fingerprint density at radius 3 is 2.45 bits per heavy atom. The van der Waals surface area contributed by atoms with Crippen molar-refractivity contribution < 1.29 is 0 Å². The summed E-state index contributed by atoms with van der Waals surface area (Å²) in [5, 5.41) is 4.43. The Morgan fingerprint density at radius 2 is 1.64 bits per heavy atom. The van der Waals surface area contributed by atoms with Crippen LogP contribution >= 0.6 is 0 Å². The number of nitrogens with zero attached hydrogens (tertiary/aromatic N) is 4. The van der Waals surface area contributed by atoms with Gasteiger partial charge in [0.25, 0.3) is 0 Å². The molecule has 0 N–H and O–H groups in total. The maximum Gasteiger partial charge on any atom is 0.0706 e. The van der Waals surface area contributed by atoms with E-state index in [0.717, 1.165) is 32.7 Å². The van der Waals surface area contributed by atoms with E-state index in [0.29, 0.717) is 0 Å². The highest BCUT2D eigenvalue weighted by atomic mass is 15.3. The molecule has 3 aromatic rings. The third-order valence-electron chi connectivity index (χ3n) is 4.39. The predicted octanol–water partition coefficient (Wildman–Crippen LogP) is 2.66. The lowest BCUT2D eigenvalue weighted by Crippen LogP contribution is -2.45. The van der Waals surface area contributed by atoms with Crippen LogP contribution in [0.3, 0.4) is 0 Å². The van der Waals surface area contributed by atoms with Gasteiger partial charge in [-0.25, -0.2) is 4.52 Å². The van der Waals surface area contributed by atoms with Gasteiger partial charge in [0.15, 0.2) is 0 Å². The van der Waals surface area contributed by atoms with Crippen molar-refractivity contribution in [2.24, 2.45) is 0 Å². The largest absolute Gasteiger partial charge is 0.369 e. The first kappa shape index (κ1) is 13.3. The summed E-state index contributed by atoms with van der Waals surface area (Å²) in [6, 6.07) is 16.9. The monoisotopic (exact) mass is 292 g/mol. The first-order valence-corrected chi connectivity index (χ1v) is 7.84. The molecule has 1 aromatic carbocycles. The van der Waals surface area contributed by atoms with Crippen molar-refractivity contribution in [1.29, 1.82) is 0 Å². The van der Waals surface area contributed by atoms with Gasteiger partial charge in [-0.05, 0) is 24.3 Å². The SMILES string of the molecule is c1ccc(N2CCN(Cc3cnn4ccccc34)CC2)cc1. The number of hydrogen-bond donors (Lipinski definition) is 0. The van der Waals surface area contributed by atoms with Gasteiger partial charge >= 0.3 is 0 Å². The second-order valence-electron chi connectivity index (χ2n) is 5.80. The quantitative estimate of drug-likeness (QED) is 0.741. The number of piperazine rings is 1. The Morgan fingerprint density at radius 1 is 0.864 bits per heavy atom. The van der Waals surface area contributed by atoms with Crippen LogP contribution in [-0.2, 0) is 6.54 Å². The molecule has 4 rings (SSSR count). The first-order chi connectivity index (χ1) is 10.9. The molecule has 1 aliphatic rings. The van der Waals surface area contributed by atoms with Crippen molar-refractivity contribution in [3.05, 3.63) is 66.5 Å². The van der Waals surface area contributed by atoms with Gasteiger partial charge in [0.1, 0.15) is 0 Å². The van der Waals surface area contributed by atoms with Gasteiger partial charge in [-0.1, -0.05) is 24.3 Å². The Labute approximate surface area is 130 Å². The van der Waals surface area contributed by atoms with Gasteiger partial charge in [0.2, 0.25) is 0 Å². The Hall–Kier alpha value is -2.33. The van der Waals surface area contributed by atoms with E-state index in [1.165, 1.54) is 16.8 Å². The zero-order valence-corrected chi connectivity index (χ0v) is 12.6. The van der Waals surface area contributed by atoms with Crippen molar-refractivity contribution in [3.63, 3.8) is 0 Å². The van der Waals surface area contributed by atoms with E-state index in [-0.39, 0.29) is 0 Å². The van der Waals surface area contributed by atoms with E-state index in [1.54, 1.807) is 0 Å². The van der Waals surface area contributed by atoms with Gasteiger partial charge in [-0.2, -0.15) is 5.10 Å². The average Bonchev–Trinajstić information content (AvgIpc) is 3.00. The summed E-state index contributed by atoms with van der Waals surface area (Å²) >= 11 is 0. The van der Waals surface area contributed by atoms with Crippen LogP contribution in [0.15, 0.2) is 60.9 Å². The number of pyridine rings is 1. The number of fused-ring (bicyclic) bond motifs is 1. The van der Waals surface area contributed by atoms with Crippen LogP contribution in [0.1, 0.15) is 5.56 Å². The fourth-order valence-electron chi connectivity index (χ4n) is 3.15. The van der Waals surface area contributed by atoms with Gasteiger partial charge in [-0.3, -0.25) is 4.90 Å². The van der Waals surface area contributed by atoms with Crippen molar-refractivity contribution in [2.45, 2.75) is 6.54 Å². The lowest BCUT2D eigenvalue weighted by atomic mass is 10.2. The molecule has 0 unspecified atom stereocenters. The van der Waals surface area contributed by atoms with Crippen LogP contribution in [0, 0.1) is 0 Å². The van der Waals surface area contributed by atoms with E-state index in [1.807, 2.05) is 23.0 Å². The number of hydrogen-bond acceptors (Lipinski definition) is 3. The molecule has 0 amide bonds. The molecular weight excluding hydrogens is 272 g/mol. The highest BCUT2D eigenvalue weighted by Gasteiger charge is 2.18. The van der Waals surface area contributed by atoms with Crippen LogP contribution in [0.4, 0.5) is 5.69 Å². The van der Waals surface area contributed by atoms with Crippen molar-refractivity contribution in [2.75, 3.05) is 31.1 Å². The van der Waals surface area contributed by atoms with E-state index in [2.05, 4.69) is 57.4 Å². The molecule has 0 saturated carbocycles. The maximum atomic E-state index is 4.43. The van der Waals surface area contributed by atoms with E-state index < -0.39 is 0 Å². The van der Waals surface area contributed by atoms with Gasteiger partial charge in [0, 0.05) is 50.2 Å². The minimum absolute atomic E-state index is 0.982. The molecule has 1 saturated heterocycles. The smallest absolute Gasteiger partial charge is 0.0706 e. The summed E-state index contributed by atoms with van der Waals surface area (Å²) in [6.07, 6.45) is 4.01. The minimum Gasteiger partial charge on any atom is -0.369 e. The summed E-state index contributed by atoms with van der Waals surface area (Å²) in [4.78, 5) is 4.98. The molecule has 0 atom stereocenters. The van der Waals surface area contributed by atoms with Crippen molar-refractivity contribution in [3.8, 4) is 0 Å². The van der Waals surface area contributed by atoms with Crippen LogP contribution in [0.2, 0.25) is 0 Å². The Bertz CT molecular complexity index is 742. The molecule has 112 valence electrons. The molecule has 4 nitrogen and oxygen atoms in total. The highest BCUT2D eigenvalue weighted by Crippen LogP contribution is 2.18. The standard InChI is InChI=1S/C18H20N4/c1-2-6-17(7-3-1)21-12-10-20(11-13-21)15-16-14-19-22-9-5-4-8-18(16)22/h1-9,14H,10-13,15H2. The summed E-state index contributed by atoms with van der Waals surface area (Å²) in [7, 11) is 0. The summed E-state index contributed by atoms with van der Waals surface area (Å²) in [5.74, 6) is 0. The second kappa shape index (κ2) is 5.81. The van der Waals surface area contributed by atoms with Crippen LogP contribution in [0.5, 0.6) is 0 Å². The fourth-order valence-corrected chi connectivity index (χ4v) is 3.15. The third kappa shape index (κ3) is 2.57. The number of benzene rings is 1.